The van der Waals surface area contributed by atoms with E-state index < -0.39 is 18.0 Å². The molecule has 0 bridgehead atoms. The second-order valence-electron chi connectivity index (χ2n) is 11.2. The van der Waals surface area contributed by atoms with Crippen LogP contribution in [0.3, 0.4) is 0 Å². The molecule has 6 rings (SSSR count). The van der Waals surface area contributed by atoms with Crippen LogP contribution in [0.1, 0.15) is 18.1 Å². The van der Waals surface area contributed by atoms with Crippen molar-refractivity contribution in [1.82, 2.24) is 29.4 Å². The molecule has 4 heterocycles. The monoisotopic (exact) mass is 608 g/mol. The van der Waals surface area contributed by atoms with Crippen molar-refractivity contribution in [2.24, 2.45) is 7.05 Å². The summed E-state index contributed by atoms with van der Waals surface area (Å²) in [5.41, 5.74) is 2.85. The third-order valence-corrected chi connectivity index (χ3v) is 8.09. The van der Waals surface area contributed by atoms with E-state index >= 15 is 4.39 Å². The van der Waals surface area contributed by atoms with Gasteiger partial charge in [-0.3, -0.25) is 9.59 Å². The summed E-state index contributed by atoms with van der Waals surface area (Å²) in [5, 5.41) is 22.6. The van der Waals surface area contributed by atoms with Crippen molar-refractivity contribution in [2.45, 2.75) is 13.5 Å². The van der Waals surface area contributed by atoms with Crippen molar-refractivity contribution in [3.63, 3.8) is 0 Å². The zero-order valence-corrected chi connectivity index (χ0v) is 25.3. The molecule has 3 aromatic heterocycles. The zero-order chi connectivity index (χ0) is 31.8. The van der Waals surface area contributed by atoms with Gasteiger partial charge >= 0.3 is 0 Å². The molecule has 12 heteroatoms. The van der Waals surface area contributed by atoms with E-state index in [9.17, 15) is 14.7 Å². The van der Waals surface area contributed by atoms with E-state index in [1.807, 2.05) is 12.1 Å². The number of aliphatic hydroxyl groups excluding tert-OH is 1. The van der Waals surface area contributed by atoms with E-state index in [1.54, 1.807) is 43.5 Å². The molecule has 0 spiro atoms. The molecule has 0 radical (unpaired) electrons. The van der Waals surface area contributed by atoms with Gasteiger partial charge in [0.05, 0.1) is 41.5 Å². The van der Waals surface area contributed by atoms with Crippen LogP contribution in [0.2, 0.25) is 0 Å². The number of pyridine rings is 1. The minimum absolute atomic E-state index is 0.123. The summed E-state index contributed by atoms with van der Waals surface area (Å²) >= 11 is 0. The predicted octanol–water partition coefficient (Wildman–Crippen LogP) is 3.70. The van der Waals surface area contributed by atoms with Crippen molar-refractivity contribution in [3.05, 3.63) is 105 Å². The Balaban J connectivity index is 1.37. The second kappa shape index (κ2) is 12.1. The maximum atomic E-state index is 15.1. The number of likely N-dealkylation sites (N-methyl/N-ethyl adjacent to an activating group) is 1. The second-order valence-corrected chi connectivity index (χ2v) is 11.2. The van der Waals surface area contributed by atoms with Gasteiger partial charge in [0.2, 0.25) is 0 Å². The SMILES string of the molecule is C=C(C)c1cc(F)c2c(=O)n(-c3cccc(-c4cc(Nc5ccc(N6CCN(C)CC6)cn5)c(=O)n(C)n4)c3CO)ncc2c1. The molecule has 11 nitrogen and oxygen atoms in total. The molecule has 45 heavy (non-hydrogen) atoms. The van der Waals surface area contributed by atoms with Crippen molar-refractivity contribution in [2.75, 3.05) is 43.4 Å². The topological polar surface area (TPSA) is 121 Å². The van der Waals surface area contributed by atoms with Gasteiger partial charge in [-0.1, -0.05) is 24.3 Å². The average Bonchev–Trinajstić information content (AvgIpc) is 3.03. The molecule has 5 aromatic rings. The van der Waals surface area contributed by atoms with E-state index in [1.165, 1.54) is 24.0 Å². The zero-order valence-electron chi connectivity index (χ0n) is 25.3. The van der Waals surface area contributed by atoms with Crippen LogP contribution >= 0.6 is 0 Å². The maximum Gasteiger partial charge on any atom is 0.290 e. The lowest BCUT2D eigenvalue weighted by atomic mass is 10.0. The number of aryl methyl sites for hydroxylation is 1. The smallest absolute Gasteiger partial charge is 0.290 e. The number of aliphatic hydroxyl groups is 1. The maximum absolute atomic E-state index is 15.1. The predicted molar refractivity (Wildman–Crippen MR) is 174 cm³/mol. The minimum Gasteiger partial charge on any atom is -0.392 e. The van der Waals surface area contributed by atoms with Crippen molar-refractivity contribution in [1.29, 1.82) is 0 Å². The first-order valence-electron chi connectivity index (χ1n) is 14.5. The van der Waals surface area contributed by atoms with E-state index in [0.29, 0.717) is 39.2 Å². The summed E-state index contributed by atoms with van der Waals surface area (Å²) in [6.45, 7) is 8.91. The third kappa shape index (κ3) is 5.73. The highest BCUT2D eigenvalue weighted by atomic mass is 19.1. The Labute approximate surface area is 258 Å². The lowest BCUT2D eigenvalue weighted by Crippen LogP contribution is -2.44. The number of hydrogen-bond donors (Lipinski definition) is 2. The van der Waals surface area contributed by atoms with Gasteiger partial charge in [-0.2, -0.15) is 14.9 Å². The van der Waals surface area contributed by atoms with Gasteiger partial charge in [0.25, 0.3) is 11.1 Å². The Morgan fingerprint density at radius 1 is 1.02 bits per heavy atom. The number of nitrogens with one attached hydrogen (secondary N) is 1. The molecular formula is C33H33FN8O3. The van der Waals surface area contributed by atoms with Crippen LogP contribution in [0.4, 0.5) is 21.6 Å². The van der Waals surface area contributed by atoms with Gasteiger partial charge in [0.1, 0.15) is 17.3 Å². The number of nitrogens with zero attached hydrogens (tertiary/aromatic N) is 7. The Morgan fingerprint density at radius 2 is 1.80 bits per heavy atom. The number of rotatable bonds is 7. The molecule has 1 aliphatic rings. The van der Waals surface area contributed by atoms with Crippen LogP contribution in [-0.4, -0.2) is 67.8 Å². The lowest BCUT2D eigenvalue weighted by Gasteiger charge is -2.33. The summed E-state index contributed by atoms with van der Waals surface area (Å²) < 4.78 is 17.4. The molecule has 0 saturated carbocycles. The quantitative estimate of drug-likeness (QED) is 0.285. The summed E-state index contributed by atoms with van der Waals surface area (Å²) in [4.78, 5) is 35.7. The summed E-state index contributed by atoms with van der Waals surface area (Å²) in [5.74, 6) is -0.198. The van der Waals surface area contributed by atoms with Gasteiger partial charge in [-0.05, 0) is 55.9 Å². The molecule has 2 aromatic carbocycles. The van der Waals surface area contributed by atoms with Gasteiger partial charge in [-0.15, -0.1) is 0 Å². The minimum atomic E-state index is -0.686. The lowest BCUT2D eigenvalue weighted by molar-refractivity contribution is 0.281. The highest BCUT2D eigenvalue weighted by molar-refractivity contribution is 5.85. The number of allylic oxidation sites excluding steroid dienone is 1. The molecule has 230 valence electrons. The van der Waals surface area contributed by atoms with Gasteiger partial charge in [0.15, 0.2) is 0 Å². The first-order valence-corrected chi connectivity index (χ1v) is 14.5. The van der Waals surface area contributed by atoms with E-state index in [-0.39, 0.29) is 22.3 Å². The van der Waals surface area contributed by atoms with Gasteiger partial charge in [0, 0.05) is 49.7 Å². The number of anilines is 3. The van der Waals surface area contributed by atoms with Crippen LogP contribution in [0.15, 0.2) is 77.1 Å². The number of benzene rings is 2. The molecule has 1 fully saturated rings. The number of aromatic nitrogens is 5. The largest absolute Gasteiger partial charge is 0.392 e. The number of fused-ring (bicyclic) bond motifs is 1. The van der Waals surface area contributed by atoms with Crippen molar-refractivity contribution < 1.29 is 9.50 Å². The standard InChI is InChI=1S/C33H33FN8O3/c1-20(2)21-14-22-17-36-42(33(45)31(22)26(34)15-21)29-7-5-6-24(25(29)19-43)27-16-28(32(44)40(4)38-27)37-30-9-8-23(18-35-30)41-12-10-39(3)11-13-41/h5-9,14-18,43H,1,10-13,19H2,2-4H3,(H,35,37). The van der Waals surface area contributed by atoms with Gasteiger partial charge in [-0.25, -0.2) is 14.1 Å². The Bertz CT molecular complexity index is 2050. The first-order chi connectivity index (χ1) is 21.6. The molecule has 0 unspecified atom stereocenters. The van der Waals surface area contributed by atoms with Crippen LogP contribution < -0.4 is 21.3 Å². The molecule has 1 aliphatic heterocycles. The van der Waals surface area contributed by atoms with E-state index in [0.717, 1.165) is 36.5 Å². The molecule has 0 atom stereocenters. The van der Waals surface area contributed by atoms with Gasteiger partial charge < -0.3 is 20.2 Å². The fourth-order valence-electron chi connectivity index (χ4n) is 5.51. The fraction of sp³-hybridized carbons (Fsp3) is 0.242. The van der Waals surface area contributed by atoms with E-state index in [4.69, 9.17) is 0 Å². The van der Waals surface area contributed by atoms with E-state index in [2.05, 4.69) is 43.9 Å². The first kappa shape index (κ1) is 29.9. The number of piperazine rings is 1. The van der Waals surface area contributed by atoms with Crippen molar-refractivity contribution >= 4 is 33.5 Å². The molecule has 2 N–H and O–H groups in total. The molecule has 1 saturated heterocycles. The molecule has 0 aliphatic carbocycles. The Morgan fingerprint density at radius 3 is 2.49 bits per heavy atom. The van der Waals surface area contributed by atoms with Crippen LogP contribution in [0.25, 0.3) is 33.3 Å². The highest BCUT2D eigenvalue weighted by Crippen LogP contribution is 2.29. The Kier molecular flexibility index (Phi) is 8.00. The molecular weight excluding hydrogens is 575 g/mol. The van der Waals surface area contributed by atoms with Crippen LogP contribution in [-0.2, 0) is 13.7 Å². The highest BCUT2D eigenvalue weighted by Gasteiger charge is 2.19. The normalized spacial score (nSPS) is 13.8. The number of hydrogen-bond acceptors (Lipinski definition) is 9. The summed E-state index contributed by atoms with van der Waals surface area (Å²) in [6.07, 6.45) is 3.19. The fourth-order valence-corrected chi connectivity index (χ4v) is 5.51. The number of halogens is 1. The summed E-state index contributed by atoms with van der Waals surface area (Å²) in [6, 6.07) is 13.3. The van der Waals surface area contributed by atoms with Crippen molar-refractivity contribution in [3.8, 4) is 16.9 Å². The third-order valence-electron chi connectivity index (χ3n) is 8.09. The Hall–Kier alpha value is -5.20. The van der Waals surface area contributed by atoms with Crippen LogP contribution in [0, 0.1) is 5.82 Å². The summed E-state index contributed by atoms with van der Waals surface area (Å²) in [7, 11) is 3.63. The molecule has 0 amide bonds. The average molecular weight is 609 g/mol. The van der Waals surface area contributed by atoms with Crippen LogP contribution in [0.5, 0.6) is 0 Å².